The summed E-state index contributed by atoms with van der Waals surface area (Å²) >= 11 is 11.0. The number of halogens is 2. The molecule has 0 atom stereocenters. The summed E-state index contributed by atoms with van der Waals surface area (Å²) < 4.78 is 5.82. The standard InChI is InChI=1S/C10H7BrClNO2S/c1-2-15-10(14)6-4-13-9-5(8(6)12)3-7(11)16-9/h3-4H,2H2,1H3. The number of hydrogen-bond donors (Lipinski definition) is 0. The van der Waals surface area contributed by atoms with E-state index in [1.165, 1.54) is 17.5 Å². The zero-order chi connectivity index (χ0) is 11.7. The van der Waals surface area contributed by atoms with Crippen molar-refractivity contribution in [3.05, 3.63) is 26.6 Å². The maximum atomic E-state index is 11.6. The molecule has 3 nitrogen and oxygen atoms in total. The second kappa shape index (κ2) is 4.69. The summed E-state index contributed by atoms with van der Waals surface area (Å²) in [4.78, 5) is 16.5. The third-order valence-corrected chi connectivity index (χ3v) is 3.91. The average molecular weight is 321 g/mol. The molecule has 0 unspecified atom stereocenters. The number of rotatable bonds is 2. The number of pyridine rings is 1. The number of aromatic nitrogens is 1. The van der Waals surface area contributed by atoms with Crippen molar-refractivity contribution in [2.75, 3.05) is 6.61 Å². The lowest BCUT2D eigenvalue weighted by molar-refractivity contribution is 0.0526. The van der Waals surface area contributed by atoms with Gasteiger partial charge in [-0.05, 0) is 28.9 Å². The first-order valence-electron chi connectivity index (χ1n) is 4.54. The number of carbonyl (C=O) groups is 1. The molecule has 0 aromatic carbocycles. The van der Waals surface area contributed by atoms with Crippen LogP contribution < -0.4 is 0 Å². The Kier molecular flexibility index (Phi) is 3.47. The Bertz CT molecular complexity index is 555. The predicted molar refractivity (Wildman–Crippen MR) is 68.3 cm³/mol. The molecule has 2 rings (SSSR count). The summed E-state index contributed by atoms with van der Waals surface area (Å²) in [5.74, 6) is -0.441. The third-order valence-electron chi connectivity index (χ3n) is 1.96. The summed E-state index contributed by atoms with van der Waals surface area (Å²) in [6.45, 7) is 2.07. The number of thiophene rings is 1. The van der Waals surface area contributed by atoms with Gasteiger partial charge < -0.3 is 4.74 Å². The van der Waals surface area contributed by atoms with Crippen LogP contribution in [0.1, 0.15) is 17.3 Å². The molecule has 0 bridgehead atoms. The van der Waals surface area contributed by atoms with Gasteiger partial charge in [0.2, 0.25) is 0 Å². The number of ether oxygens (including phenoxy) is 1. The topological polar surface area (TPSA) is 39.2 Å². The lowest BCUT2D eigenvalue weighted by Crippen LogP contribution is -2.05. The number of carbonyl (C=O) groups excluding carboxylic acids is 1. The molecular weight excluding hydrogens is 314 g/mol. The van der Waals surface area contributed by atoms with Gasteiger partial charge in [0.05, 0.1) is 21.0 Å². The van der Waals surface area contributed by atoms with E-state index in [9.17, 15) is 4.79 Å². The monoisotopic (exact) mass is 319 g/mol. The van der Waals surface area contributed by atoms with Gasteiger partial charge in [0.25, 0.3) is 0 Å². The molecule has 84 valence electrons. The van der Waals surface area contributed by atoms with Crippen molar-refractivity contribution < 1.29 is 9.53 Å². The van der Waals surface area contributed by atoms with Crippen molar-refractivity contribution in [2.24, 2.45) is 0 Å². The quantitative estimate of drug-likeness (QED) is 0.788. The fourth-order valence-electron chi connectivity index (χ4n) is 1.28. The van der Waals surface area contributed by atoms with Crippen LogP contribution in [0.2, 0.25) is 5.02 Å². The van der Waals surface area contributed by atoms with E-state index in [0.717, 1.165) is 14.0 Å². The number of fused-ring (bicyclic) bond motifs is 1. The summed E-state index contributed by atoms with van der Waals surface area (Å²) in [5.41, 5.74) is 0.307. The van der Waals surface area contributed by atoms with Crippen LogP contribution in [0.3, 0.4) is 0 Å². The Morgan fingerprint density at radius 1 is 1.69 bits per heavy atom. The number of nitrogens with zero attached hydrogens (tertiary/aromatic N) is 1. The molecule has 2 aromatic rings. The van der Waals surface area contributed by atoms with E-state index in [-0.39, 0.29) is 0 Å². The number of esters is 1. The highest BCUT2D eigenvalue weighted by Gasteiger charge is 2.16. The van der Waals surface area contributed by atoms with E-state index < -0.39 is 5.97 Å². The van der Waals surface area contributed by atoms with Crippen molar-refractivity contribution in [3.8, 4) is 0 Å². The SMILES string of the molecule is CCOC(=O)c1cnc2sc(Br)cc2c1Cl. The largest absolute Gasteiger partial charge is 0.462 e. The number of hydrogen-bond acceptors (Lipinski definition) is 4. The van der Waals surface area contributed by atoms with Gasteiger partial charge in [-0.15, -0.1) is 11.3 Å². The van der Waals surface area contributed by atoms with E-state index in [0.29, 0.717) is 17.2 Å². The smallest absolute Gasteiger partial charge is 0.341 e. The Morgan fingerprint density at radius 2 is 2.44 bits per heavy atom. The van der Waals surface area contributed by atoms with Crippen molar-refractivity contribution in [1.82, 2.24) is 4.98 Å². The maximum absolute atomic E-state index is 11.6. The molecule has 0 N–H and O–H groups in total. The molecule has 2 heterocycles. The highest BCUT2D eigenvalue weighted by molar-refractivity contribution is 9.11. The van der Waals surface area contributed by atoms with Gasteiger partial charge in [-0.25, -0.2) is 9.78 Å². The van der Waals surface area contributed by atoms with Crippen LogP contribution in [-0.4, -0.2) is 17.6 Å². The van der Waals surface area contributed by atoms with Crippen LogP contribution in [0.5, 0.6) is 0 Å². The fraction of sp³-hybridized carbons (Fsp3) is 0.200. The lowest BCUT2D eigenvalue weighted by atomic mass is 10.2. The first kappa shape index (κ1) is 11.8. The highest BCUT2D eigenvalue weighted by atomic mass is 79.9. The van der Waals surface area contributed by atoms with Gasteiger partial charge >= 0.3 is 5.97 Å². The van der Waals surface area contributed by atoms with Crippen LogP contribution in [0.4, 0.5) is 0 Å². The van der Waals surface area contributed by atoms with Gasteiger partial charge in [0.1, 0.15) is 4.83 Å². The highest BCUT2D eigenvalue weighted by Crippen LogP contribution is 2.34. The van der Waals surface area contributed by atoms with Gasteiger partial charge in [-0.2, -0.15) is 0 Å². The Labute approximate surface area is 110 Å². The molecule has 6 heteroatoms. The van der Waals surface area contributed by atoms with Crippen molar-refractivity contribution in [3.63, 3.8) is 0 Å². The normalized spacial score (nSPS) is 10.7. The van der Waals surface area contributed by atoms with Gasteiger partial charge in [0, 0.05) is 11.6 Å². The molecule has 0 spiro atoms. The van der Waals surface area contributed by atoms with E-state index in [1.807, 2.05) is 6.07 Å². The van der Waals surface area contributed by atoms with E-state index in [2.05, 4.69) is 20.9 Å². The van der Waals surface area contributed by atoms with Crippen LogP contribution in [0, 0.1) is 0 Å². The van der Waals surface area contributed by atoms with E-state index >= 15 is 0 Å². The molecule has 0 radical (unpaired) electrons. The zero-order valence-electron chi connectivity index (χ0n) is 8.29. The Hall–Kier alpha value is -0.650. The third kappa shape index (κ3) is 2.07. The fourth-order valence-corrected chi connectivity index (χ4v) is 3.03. The Morgan fingerprint density at radius 3 is 3.12 bits per heavy atom. The molecule has 0 saturated heterocycles. The average Bonchev–Trinajstić information content (AvgIpc) is 2.60. The minimum Gasteiger partial charge on any atom is -0.462 e. The molecule has 0 saturated carbocycles. The molecule has 0 aliphatic heterocycles. The van der Waals surface area contributed by atoms with Crippen molar-refractivity contribution in [1.29, 1.82) is 0 Å². The van der Waals surface area contributed by atoms with E-state index in [1.54, 1.807) is 6.92 Å². The molecule has 2 aromatic heterocycles. The van der Waals surface area contributed by atoms with Gasteiger partial charge in [-0.1, -0.05) is 11.6 Å². The molecule has 0 amide bonds. The van der Waals surface area contributed by atoms with Gasteiger partial charge in [-0.3, -0.25) is 0 Å². The van der Waals surface area contributed by atoms with Crippen LogP contribution in [0.15, 0.2) is 16.0 Å². The first-order valence-corrected chi connectivity index (χ1v) is 6.53. The summed E-state index contributed by atoms with van der Waals surface area (Å²) in [6.07, 6.45) is 1.45. The molecule has 16 heavy (non-hydrogen) atoms. The zero-order valence-corrected chi connectivity index (χ0v) is 11.4. The molecule has 0 aliphatic rings. The predicted octanol–water partition coefficient (Wildman–Crippen LogP) is 3.89. The maximum Gasteiger partial charge on any atom is 0.341 e. The van der Waals surface area contributed by atoms with Gasteiger partial charge in [0.15, 0.2) is 0 Å². The summed E-state index contributed by atoms with van der Waals surface area (Å²) in [7, 11) is 0. The summed E-state index contributed by atoms with van der Waals surface area (Å²) in [6, 6.07) is 1.85. The molecule has 0 fully saturated rings. The summed E-state index contributed by atoms with van der Waals surface area (Å²) in [5, 5.41) is 1.16. The van der Waals surface area contributed by atoms with Crippen LogP contribution in [-0.2, 0) is 4.74 Å². The molecule has 0 aliphatic carbocycles. The Balaban J connectivity index is 2.55. The van der Waals surface area contributed by atoms with E-state index in [4.69, 9.17) is 16.3 Å². The minimum atomic E-state index is -0.441. The lowest BCUT2D eigenvalue weighted by Gasteiger charge is -2.03. The van der Waals surface area contributed by atoms with Crippen molar-refractivity contribution in [2.45, 2.75) is 6.92 Å². The second-order valence-electron chi connectivity index (χ2n) is 2.98. The first-order chi connectivity index (χ1) is 7.63. The van der Waals surface area contributed by atoms with Crippen molar-refractivity contribution >= 4 is 55.1 Å². The van der Waals surface area contributed by atoms with Crippen LogP contribution >= 0.6 is 38.9 Å². The second-order valence-corrected chi connectivity index (χ2v) is 5.76. The molecular formula is C10H7BrClNO2S. The van der Waals surface area contributed by atoms with Crippen LogP contribution in [0.25, 0.3) is 10.2 Å². The minimum absolute atomic E-state index is 0.307.